The van der Waals surface area contributed by atoms with E-state index in [-0.39, 0.29) is 11.8 Å². The van der Waals surface area contributed by atoms with Gasteiger partial charge in [-0.15, -0.1) is 0 Å². The Morgan fingerprint density at radius 1 is 0.857 bits per heavy atom. The van der Waals surface area contributed by atoms with Crippen molar-refractivity contribution in [1.82, 2.24) is 5.16 Å². The summed E-state index contributed by atoms with van der Waals surface area (Å²) in [5.41, 5.74) is 5.61. The fourth-order valence-electron chi connectivity index (χ4n) is 4.22. The van der Waals surface area contributed by atoms with Crippen LogP contribution in [0.25, 0.3) is 11.6 Å². The third-order valence-corrected chi connectivity index (χ3v) is 6.20. The molecular weight excluding hydrogens is 440 g/mol. The van der Waals surface area contributed by atoms with Crippen LogP contribution in [0.5, 0.6) is 5.75 Å². The third kappa shape index (κ3) is 4.15. The first-order valence-electron chi connectivity index (χ1n) is 11.3. The number of fused-ring (bicyclic) bond motifs is 1. The predicted octanol–water partition coefficient (Wildman–Crippen LogP) is 5.91. The number of para-hydroxylation sites is 1. The maximum Gasteiger partial charge on any atom is 0.265 e. The first kappa shape index (κ1) is 22.3. The molecule has 0 radical (unpaired) electrons. The number of anilines is 1. The Hall–Kier alpha value is -4.45. The normalized spacial score (nSPS) is 14.4. The Morgan fingerprint density at radius 2 is 1.54 bits per heavy atom. The molecule has 2 heterocycles. The van der Waals surface area contributed by atoms with Gasteiger partial charge in [0.25, 0.3) is 11.8 Å². The zero-order chi connectivity index (χ0) is 24.5. The predicted molar refractivity (Wildman–Crippen MR) is 134 cm³/mol. The number of carbonyl (C=O) groups is 2. The fraction of sp³-hybridized carbons (Fsp3) is 0.138. The van der Waals surface area contributed by atoms with Gasteiger partial charge in [0.15, 0.2) is 0 Å². The topological polar surface area (TPSA) is 72.6 Å². The molecule has 174 valence electrons. The highest BCUT2D eigenvalue weighted by Crippen LogP contribution is 2.34. The minimum atomic E-state index is -0.346. The van der Waals surface area contributed by atoms with E-state index < -0.39 is 0 Å². The van der Waals surface area contributed by atoms with Crippen molar-refractivity contribution >= 4 is 29.2 Å². The molecule has 1 aliphatic rings. The molecule has 6 nitrogen and oxygen atoms in total. The molecule has 0 spiro atoms. The van der Waals surface area contributed by atoms with Crippen LogP contribution < -0.4 is 9.64 Å². The highest BCUT2D eigenvalue weighted by molar-refractivity contribution is 6.43. The second-order valence-electron chi connectivity index (χ2n) is 8.50. The summed E-state index contributed by atoms with van der Waals surface area (Å²) in [4.78, 5) is 28.2. The number of aryl methyl sites for hydroxylation is 3. The lowest BCUT2D eigenvalue weighted by atomic mass is 9.91. The number of amides is 2. The summed E-state index contributed by atoms with van der Waals surface area (Å²) in [6.45, 7) is 5.99. The molecule has 1 aliphatic heterocycles. The van der Waals surface area contributed by atoms with E-state index in [0.717, 1.165) is 28.1 Å². The molecule has 0 aliphatic carbocycles. The van der Waals surface area contributed by atoms with Crippen molar-refractivity contribution in [3.8, 4) is 5.75 Å². The van der Waals surface area contributed by atoms with E-state index in [1.54, 1.807) is 12.1 Å². The molecule has 4 aromatic rings. The van der Waals surface area contributed by atoms with E-state index in [0.29, 0.717) is 34.7 Å². The van der Waals surface area contributed by atoms with Gasteiger partial charge in [-0.25, -0.2) is 4.90 Å². The van der Waals surface area contributed by atoms with Gasteiger partial charge in [-0.2, -0.15) is 0 Å². The van der Waals surface area contributed by atoms with Crippen LogP contribution in [0, 0.1) is 20.8 Å². The summed E-state index contributed by atoms with van der Waals surface area (Å²) >= 11 is 0. The maximum atomic E-state index is 13.6. The number of rotatable bonds is 5. The number of nitrogens with zero attached hydrogens (tertiary/aromatic N) is 2. The van der Waals surface area contributed by atoms with Gasteiger partial charge in [-0.3, -0.25) is 9.59 Å². The summed E-state index contributed by atoms with van der Waals surface area (Å²) in [7, 11) is 0. The van der Waals surface area contributed by atoms with Gasteiger partial charge in [0.2, 0.25) is 0 Å². The van der Waals surface area contributed by atoms with Crippen LogP contribution in [0.1, 0.15) is 44.1 Å². The van der Waals surface area contributed by atoms with Gasteiger partial charge in [0.1, 0.15) is 18.1 Å². The van der Waals surface area contributed by atoms with Gasteiger partial charge >= 0.3 is 0 Å². The number of hydrogen-bond donors (Lipinski definition) is 0. The molecule has 0 atom stereocenters. The van der Waals surface area contributed by atoms with Crippen LogP contribution in [0.3, 0.4) is 0 Å². The molecule has 3 aromatic carbocycles. The maximum absolute atomic E-state index is 13.6. The van der Waals surface area contributed by atoms with E-state index in [2.05, 4.69) is 5.16 Å². The highest BCUT2D eigenvalue weighted by atomic mass is 16.5. The minimum absolute atomic E-state index is 0.319. The highest BCUT2D eigenvalue weighted by Gasteiger charge is 2.36. The quantitative estimate of drug-likeness (QED) is 0.271. The smallest absolute Gasteiger partial charge is 0.265 e. The Morgan fingerprint density at radius 3 is 2.23 bits per heavy atom. The Bertz CT molecular complexity index is 1440. The van der Waals surface area contributed by atoms with Crippen LogP contribution in [-0.2, 0) is 11.4 Å². The Balaban J connectivity index is 1.47. The van der Waals surface area contributed by atoms with Crippen LogP contribution >= 0.6 is 0 Å². The average molecular weight is 465 g/mol. The molecule has 0 N–H and O–H groups in total. The molecular formula is C29H24N2O4. The number of hydrogen-bond acceptors (Lipinski definition) is 5. The average Bonchev–Trinajstić information content (AvgIpc) is 3.19. The van der Waals surface area contributed by atoms with E-state index in [1.807, 2.05) is 87.5 Å². The van der Waals surface area contributed by atoms with Gasteiger partial charge in [0, 0.05) is 11.1 Å². The van der Waals surface area contributed by atoms with E-state index in [1.165, 1.54) is 4.90 Å². The lowest BCUT2D eigenvalue weighted by Crippen LogP contribution is -2.42. The van der Waals surface area contributed by atoms with Crippen LogP contribution in [0.2, 0.25) is 0 Å². The number of carbonyl (C=O) groups excluding carboxylic acids is 2. The molecule has 0 saturated carbocycles. The monoisotopic (exact) mass is 464 g/mol. The van der Waals surface area contributed by atoms with Gasteiger partial charge < -0.3 is 9.26 Å². The molecule has 6 heteroatoms. The van der Waals surface area contributed by atoms with Crippen LogP contribution in [-0.4, -0.2) is 17.0 Å². The summed E-state index contributed by atoms with van der Waals surface area (Å²) in [5.74, 6) is 0.771. The summed E-state index contributed by atoms with van der Waals surface area (Å²) in [5, 5.41) is 3.95. The molecule has 0 saturated heterocycles. The lowest BCUT2D eigenvalue weighted by Gasteiger charge is -2.29. The first-order valence-corrected chi connectivity index (χ1v) is 11.3. The van der Waals surface area contributed by atoms with Crippen molar-refractivity contribution in [3.63, 3.8) is 0 Å². The van der Waals surface area contributed by atoms with Gasteiger partial charge in [0.05, 0.1) is 16.9 Å². The van der Waals surface area contributed by atoms with Crippen molar-refractivity contribution in [1.29, 1.82) is 0 Å². The molecule has 0 fully saturated rings. The largest absolute Gasteiger partial charge is 0.489 e. The van der Waals surface area contributed by atoms with E-state index in [9.17, 15) is 9.59 Å². The molecule has 35 heavy (non-hydrogen) atoms. The van der Waals surface area contributed by atoms with Gasteiger partial charge in [-0.05, 0) is 67.8 Å². The second kappa shape index (κ2) is 9.06. The zero-order valence-corrected chi connectivity index (χ0v) is 19.7. The van der Waals surface area contributed by atoms with Gasteiger partial charge in [-0.1, -0.05) is 53.7 Å². The second-order valence-corrected chi connectivity index (χ2v) is 8.50. The summed E-state index contributed by atoms with van der Waals surface area (Å²) in [6.07, 6.45) is 1.82. The van der Waals surface area contributed by atoms with E-state index in [4.69, 9.17) is 9.26 Å². The van der Waals surface area contributed by atoms with Crippen molar-refractivity contribution in [3.05, 3.63) is 112 Å². The van der Waals surface area contributed by atoms with Crippen molar-refractivity contribution < 1.29 is 18.8 Å². The Kier molecular flexibility index (Phi) is 5.79. The number of aromatic nitrogens is 1. The number of benzene rings is 3. The summed E-state index contributed by atoms with van der Waals surface area (Å²) < 4.78 is 11.1. The van der Waals surface area contributed by atoms with Crippen molar-refractivity contribution in [2.24, 2.45) is 0 Å². The lowest BCUT2D eigenvalue weighted by molar-refractivity contribution is -0.112. The van der Waals surface area contributed by atoms with Crippen LogP contribution in [0.15, 0.2) is 77.3 Å². The molecule has 1 aromatic heterocycles. The SMILES string of the molecule is Cc1ccccc1N1C(=O)/C(=C/c2ccc(OCc3c(C)noc3C)cc2)c2ccccc2C1=O. The zero-order valence-electron chi connectivity index (χ0n) is 19.7. The van der Waals surface area contributed by atoms with Crippen LogP contribution in [0.4, 0.5) is 5.69 Å². The molecule has 0 unspecified atom stereocenters. The number of ether oxygens (including phenoxy) is 1. The third-order valence-electron chi connectivity index (χ3n) is 6.20. The van der Waals surface area contributed by atoms with Crippen molar-refractivity contribution in [2.75, 3.05) is 4.90 Å². The number of imide groups is 1. The molecule has 2 amide bonds. The minimum Gasteiger partial charge on any atom is -0.489 e. The molecule has 5 rings (SSSR count). The molecule has 0 bridgehead atoms. The summed E-state index contributed by atoms with van der Waals surface area (Å²) in [6, 6.07) is 22.1. The fourth-order valence-corrected chi connectivity index (χ4v) is 4.22. The van der Waals surface area contributed by atoms with E-state index >= 15 is 0 Å². The first-order chi connectivity index (χ1) is 16.9. The Labute approximate surface area is 203 Å². The standard InChI is InChI=1S/C29H24N2O4/c1-18-8-4-7-11-27(18)31-28(32)24-10-6-5-9-23(24)25(29(31)33)16-21-12-14-22(15-13-21)34-17-26-19(2)30-35-20(26)3/h4-16H,17H2,1-3H3/b25-16+. The van der Waals surface area contributed by atoms with Crippen molar-refractivity contribution in [2.45, 2.75) is 27.4 Å².